The largest absolute Gasteiger partial charge is 0.479 e. The molecule has 35 heavy (non-hydrogen) atoms. The Morgan fingerprint density at radius 1 is 1.23 bits per heavy atom. The summed E-state index contributed by atoms with van der Waals surface area (Å²) in [5, 5.41) is 15.1. The van der Waals surface area contributed by atoms with Gasteiger partial charge in [0.05, 0.1) is 36.1 Å². The van der Waals surface area contributed by atoms with Crippen LogP contribution in [-0.4, -0.2) is 49.3 Å². The van der Waals surface area contributed by atoms with Gasteiger partial charge in [-0.15, -0.1) is 5.10 Å². The van der Waals surface area contributed by atoms with E-state index in [-0.39, 0.29) is 23.9 Å². The van der Waals surface area contributed by atoms with E-state index in [4.69, 9.17) is 4.74 Å². The number of hydrogen-bond donors (Lipinski definition) is 2. The molecule has 0 spiro atoms. The molecule has 1 aliphatic carbocycles. The van der Waals surface area contributed by atoms with Crippen LogP contribution < -0.4 is 15.4 Å². The van der Waals surface area contributed by atoms with Gasteiger partial charge in [0.25, 0.3) is 5.91 Å². The van der Waals surface area contributed by atoms with Gasteiger partial charge < -0.3 is 15.4 Å². The van der Waals surface area contributed by atoms with E-state index in [2.05, 4.69) is 32.7 Å². The van der Waals surface area contributed by atoms with Crippen LogP contribution >= 0.6 is 0 Å². The Morgan fingerprint density at radius 3 is 2.71 bits per heavy atom. The zero-order chi connectivity index (χ0) is 24.7. The molecule has 4 aromatic rings. The lowest BCUT2D eigenvalue weighted by Crippen LogP contribution is -2.29. The highest BCUT2D eigenvalue weighted by atomic mass is 19.1. The summed E-state index contributed by atoms with van der Waals surface area (Å²) in [6.07, 6.45) is 8.96. The minimum atomic E-state index is -0.460. The summed E-state index contributed by atoms with van der Waals surface area (Å²) < 4.78 is 24.0. The van der Waals surface area contributed by atoms with Gasteiger partial charge in [0.15, 0.2) is 5.82 Å². The van der Waals surface area contributed by atoms with Crippen LogP contribution in [0.15, 0.2) is 30.7 Å². The van der Waals surface area contributed by atoms with Crippen molar-refractivity contribution in [2.24, 2.45) is 5.92 Å². The van der Waals surface area contributed by atoms with E-state index in [0.717, 1.165) is 31.6 Å². The Kier molecular flexibility index (Phi) is 6.04. The molecule has 4 aromatic heterocycles. The number of halogens is 1. The zero-order valence-corrected chi connectivity index (χ0v) is 20.4. The predicted molar refractivity (Wildman–Crippen MR) is 131 cm³/mol. The average Bonchev–Trinajstić information content (AvgIpc) is 3.39. The van der Waals surface area contributed by atoms with Crippen molar-refractivity contribution in [2.75, 3.05) is 12.4 Å². The first-order valence-electron chi connectivity index (χ1n) is 12.0. The molecule has 1 fully saturated rings. The predicted octanol–water partition coefficient (Wildman–Crippen LogP) is 4.32. The second-order valence-corrected chi connectivity index (χ2v) is 9.62. The van der Waals surface area contributed by atoms with E-state index in [9.17, 15) is 4.79 Å². The smallest absolute Gasteiger partial charge is 0.255 e. The highest BCUT2D eigenvalue weighted by Crippen LogP contribution is 2.35. The number of anilines is 1. The average molecular weight is 480 g/mol. The Hall–Kier alpha value is -3.69. The van der Waals surface area contributed by atoms with Crippen LogP contribution in [-0.2, 0) is 0 Å². The molecule has 0 bridgehead atoms. The van der Waals surface area contributed by atoms with Crippen molar-refractivity contribution in [1.82, 2.24) is 29.5 Å². The van der Waals surface area contributed by atoms with Crippen molar-refractivity contribution in [2.45, 2.75) is 58.5 Å². The van der Waals surface area contributed by atoms with Gasteiger partial charge in [-0.25, -0.2) is 13.4 Å². The van der Waals surface area contributed by atoms with E-state index < -0.39 is 5.82 Å². The van der Waals surface area contributed by atoms with Crippen LogP contribution in [0.25, 0.3) is 22.2 Å². The molecule has 1 aliphatic rings. The van der Waals surface area contributed by atoms with Gasteiger partial charge in [0.1, 0.15) is 5.52 Å². The lowest BCUT2D eigenvalue weighted by molar-refractivity contribution is 0.0944. The number of ether oxygens (including phenoxy) is 1. The number of nitrogens with one attached hydrogen (secondary N) is 2. The second kappa shape index (κ2) is 9.16. The first kappa shape index (κ1) is 23.1. The highest BCUT2D eigenvalue weighted by molar-refractivity contribution is 6.01. The molecule has 4 heterocycles. The fraction of sp³-hybridized carbons (Fsp3) is 0.440. The summed E-state index contributed by atoms with van der Waals surface area (Å²) in [4.78, 5) is 17.2. The summed E-state index contributed by atoms with van der Waals surface area (Å²) in [5.41, 5.74) is 2.29. The third-order valence-electron chi connectivity index (χ3n) is 6.57. The summed E-state index contributed by atoms with van der Waals surface area (Å²) >= 11 is 0. The first-order chi connectivity index (χ1) is 16.8. The Labute approximate surface area is 202 Å². The Bertz CT molecular complexity index is 1390. The van der Waals surface area contributed by atoms with E-state index in [0.29, 0.717) is 33.7 Å². The lowest BCUT2D eigenvalue weighted by atomic mass is 9.87. The Morgan fingerprint density at radius 2 is 2.00 bits per heavy atom. The normalized spacial score (nSPS) is 18.3. The SMILES string of the molecule is COc1nc(NC2CCC(C)CC2)nn2cc(F)c(-c3ccn4ncc(C(=O)NC(C)C)c4c3)c12. The van der Waals surface area contributed by atoms with Gasteiger partial charge in [-0.3, -0.25) is 4.79 Å². The third kappa shape index (κ3) is 4.40. The molecule has 0 radical (unpaired) electrons. The Balaban J connectivity index is 1.55. The van der Waals surface area contributed by atoms with Crippen molar-refractivity contribution in [3.05, 3.63) is 42.1 Å². The molecule has 0 atom stereocenters. The van der Waals surface area contributed by atoms with Gasteiger partial charge in [-0.1, -0.05) is 6.92 Å². The molecule has 0 saturated heterocycles. The van der Waals surface area contributed by atoms with Crippen LogP contribution in [0.3, 0.4) is 0 Å². The molecular formula is C25H30FN7O2. The molecule has 10 heteroatoms. The van der Waals surface area contributed by atoms with Gasteiger partial charge in [0, 0.05) is 18.3 Å². The molecular weight excluding hydrogens is 449 g/mol. The summed E-state index contributed by atoms with van der Waals surface area (Å²) in [7, 11) is 1.51. The second-order valence-electron chi connectivity index (χ2n) is 9.62. The quantitative estimate of drug-likeness (QED) is 0.427. The molecule has 184 valence electrons. The fourth-order valence-electron chi connectivity index (χ4n) is 4.74. The highest BCUT2D eigenvalue weighted by Gasteiger charge is 2.24. The zero-order valence-electron chi connectivity index (χ0n) is 20.4. The van der Waals surface area contributed by atoms with Crippen molar-refractivity contribution >= 4 is 22.9 Å². The van der Waals surface area contributed by atoms with Gasteiger partial charge in [-0.2, -0.15) is 10.1 Å². The van der Waals surface area contributed by atoms with Crippen LogP contribution in [0.2, 0.25) is 0 Å². The van der Waals surface area contributed by atoms with E-state index in [1.807, 2.05) is 13.8 Å². The van der Waals surface area contributed by atoms with E-state index in [1.165, 1.54) is 24.0 Å². The molecule has 1 saturated carbocycles. The molecule has 0 aliphatic heterocycles. The topological polar surface area (TPSA) is 97.8 Å². The van der Waals surface area contributed by atoms with E-state index in [1.54, 1.807) is 22.8 Å². The number of aromatic nitrogens is 5. The maximum atomic E-state index is 15.3. The van der Waals surface area contributed by atoms with E-state index >= 15 is 4.39 Å². The number of hydrogen-bond acceptors (Lipinski definition) is 6. The number of rotatable bonds is 6. The van der Waals surface area contributed by atoms with Gasteiger partial charge >= 0.3 is 0 Å². The van der Waals surface area contributed by atoms with Crippen molar-refractivity contribution in [1.29, 1.82) is 0 Å². The van der Waals surface area contributed by atoms with Crippen LogP contribution in [0.4, 0.5) is 10.3 Å². The molecule has 9 nitrogen and oxygen atoms in total. The van der Waals surface area contributed by atoms with Crippen molar-refractivity contribution < 1.29 is 13.9 Å². The number of pyridine rings is 1. The summed E-state index contributed by atoms with van der Waals surface area (Å²) in [5.74, 6) is 0.727. The minimum Gasteiger partial charge on any atom is -0.479 e. The lowest BCUT2D eigenvalue weighted by Gasteiger charge is -2.26. The molecule has 5 rings (SSSR count). The number of nitrogens with zero attached hydrogens (tertiary/aromatic N) is 5. The monoisotopic (exact) mass is 479 g/mol. The van der Waals surface area contributed by atoms with Crippen LogP contribution in [0.5, 0.6) is 5.88 Å². The maximum absolute atomic E-state index is 15.3. The van der Waals surface area contributed by atoms with Crippen molar-refractivity contribution in [3.8, 4) is 17.0 Å². The fourth-order valence-corrected chi connectivity index (χ4v) is 4.74. The van der Waals surface area contributed by atoms with Gasteiger partial charge in [0.2, 0.25) is 11.8 Å². The minimum absolute atomic E-state index is 0.0188. The third-order valence-corrected chi connectivity index (χ3v) is 6.57. The van der Waals surface area contributed by atoms with Gasteiger partial charge in [-0.05, 0) is 63.1 Å². The first-order valence-corrected chi connectivity index (χ1v) is 12.0. The molecule has 2 N–H and O–H groups in total. The molecule has 1 amide bonds. The number of carbonyl (C=O) groups is 1. The number of carbonyl (C=O) groups excluding carboxylic acids is 1. The molecule has 0 unspecified atom stereocenters. The standard InChI is InChI=1S/C25H30FN7O2/c1-14(2)28-23(34)18-12-27-32-10-9-16(11-20(18)32)21-19(26)13-33-22(21)24(35-4)30-25(31-33)29-17-7-5-15(3)6-8-17/h9-15,17H,5-8H2,1-4H3,(H,28,34)(H,29,31). The molecule has 0 aromatic carbocycles. The summed E-state index contributed by atoms with van der Waals surface area (Å²) in [6.45, 7) is 6.05. The number of amides is 1. The maximum Gasteiger partial charge on any atom is 0.255 e. The number of methoxy groups -OCH3 is 1. The van der Waals surface area contributed by atoms with Crippen molar-refractivity contribution in [3.63, 3.8) is 0 Å². The van der Waals surface area contributed by atoms with Crippen LogP contribution in [0.1, 0.15) is 56.8 Å². The summed E-state index contributed by atoms with van der Waals surface area (Å²) in [6, 6.07) is 3.76. The number of fused-ring (bicyclic) bond motifs is 2. The van der Waals surface area contributed by atoms with Crippen LogP contribution in [0, 0.1) is 11.7 Å².